The molecule has 0 aliphatic rings. The first kappa shape index (κ1) is 16.7. The minimum absolute atomic E-state index is 0.210. The van der Waals surface area contributed by atoms with Gasteiger partial charge in [0.15, 0.2) is 0 Å². The van der Waals surface area contributed by atoms with Crippen LogP contribution >= 0.6 is 11.6 Å². The lowest BCUT2D eigenvalue weighted by Crippen LogP contribution is -2.07. The second-order valence-corrected chi connectivity index (χ2v) is 5.62. The Labute approximate surface area is 150 Å². The highest BCUT2D eigenvalue weighted by molar-refractivity contribution is 6.30. The van der Waals surface area contributed by atoms with Crippen LogP contribution in [0.3, 0.4) is 0 Å². The highest BCUT2D eigenvalue weighted by Crippen LogP contribution is 2.22. The average Bonchev–Trinajstić information content (AvgIpc) is 2.64. The smallest absolute Gasteiger partial charge is 0.248 e. The van der Waals surface area contributed by atoms with Crippen molar-refractivity contribution in [3.8, 4) is 11.5 Å². The minimum Gasteiger partial charge on any atom is -0.457 e. The molecule has 0 saturated heterocycles. The zero-order valence-corrected chi connectivity index (χ0v) is 14.0. The first-order chi connectivity index (χ1) is 12.2. The van der Waals surface area contributed by atoms with Crippen LogP contribution < -0.4 is 10.1 Å². The number of amides is 1. The molecule has 0 atom stereocenters. The van der Waals surface area contributed by atoms with E-state index in [9.17, 15) is 4.79 Å². The molecule has 3 rings (SSSR count). The predicted molar refractivity (Wildman–Crippen MR) is 99.9 cm³/mol. The Morgan fingerprint density at radius 2 is 1.56 bits per heavy atom. The molecule has 0 saturated carbocycles. The molecule has 124 valence electrons. The van der Waals surface area contributed by atoms with E-state index in [0.717, 1.165) is 5.56 Å². The molecule has 0 aliphatic heterocycles. The van der Waals surface area contributed by atoms with Crippen molar-refractivity contribution in [1.82, 2.24) is 4.98 Å². The van der Waals surface area contributed by atoms with Gasteiger partial charge in [0, 0.05) is 29.2 Å². The molecule has 25 heavy (non-hydrogen) atoms. The molecule has 1 aromatic heterocycles. The van der Waals surface area contributed by atoms with Crippen molar-refractivity contribution in [2.24, 2.45) is 0 Å². The van der Waals surface area contributed by atoms with Gasteiger partial charge >= 0.3 is 0 Å². The van der Waals surface area contributed by atoms with E-state index in [1.54, 1.807) is 67.0 Å². The molecule has 0 fully saturated rings. The van der Waals surface area contributed by atoms with E-state index < -0.39 is 0 Å². The molecule has 1 amide bonds. The Hall–Kier alpha value is -3.11. The molecule has 0 bridgehead atoms. The van der Waals surface area contributed by atoms with Crippen LogP contribution in [-0.4, -0.2) is 10.9 Å². The van der Waals surface area contributed by atoms with E-state index in [0.29, 0.717) is 22.2 Å². The van der Waals surface area contributed by atoms with Crippen molar-refractivity contribution >= 4 is 29.3 Å². The predicted octanol–water partition coefficient (Wildman–Crippen LogP) is 5.18. The molecule has 3 aromatic rings. The summed E-state index contributed by atoms with van der Waals surface area (Å²) in [5.41, 5.74) is 1.59. The second-order valence-electron chi connectivity index (χ2n) is 5.18. The molecule has 5 heteroatoms. The maximum Gasteiger partial charge on any atom is 0.248 e. The zero-order valence-electron chi connectivity index (χ0n) is 13.2. The lowest BCUT2D eigenvalue weighted by Gasteiger charge is -2.07. The number of anilines is 1. The van der Waals surface area contributed by atoms with Crippen LogP contribution in [0.25, 0.3) is 6.08 Å². The van der Waals surface area contributed by atoms with Gasteiger partial charge in [-0.15, -0.1) is 0 Å². The average molecular weight is 351 g/mol. The molecule has 0 unspecified atom stereocenters. The number of hydrogen-bond acceptors (Lipinski definition) is 3. The maximum atomic E-state index is 12.0. The van der Waals surface area contributed by atoms with Gasteiger partial charge in [0.25, 0.3) is 0 Å². The fraction of sp³-hybridized carbons (Fsp3) is 0. The number of ether oxygens (including phenoxy) is 1. The number of nitrogens with one attached hydrogen (secondary N) is 1. The molecule has 1 N–H and O–H groups in total. The van der Waals surface area contributed by atoms with Gasteiger partial charge in [-0.3, -0.25) is 9.78 Å². The largest absolute Gasteiger partial charge is 0.457 e. The monoisotopic (exact) mass is 350 g/mol. The van der Waals surface area contributed by atoms with E-state index in [2.05, 4.69) is 10.3 Å². The molecular formula is C20H15ClN2O2. The van der Waals surface area contributed by atoms with Crippen molar-refractivity contribution in [3.05, 3.63) is 89.7 Å². The Balaban J connectivity index is 1.57. The Morgan fingerprint density at radius 3 is 2.24 bits per heavy atom. The third kappa shape index (κ3) is 5.19. The Kier molecular flexibility index (Phi) is 5.44. The zero-order chi connectivity index (χ0) is 17.5. The summed E-state index contributed by atoms with van der Waals surface area (Å²) in [6, 6.07) is 17.9. The number of halogens is 1. The summed E-state index contributed by atoms with van der Waals surface area (Å²) in [5.74, 6) is 1.18. The number of hydrogen-bond donors (Lipinski definition) is 1. The first-order valence-electron chi connectivity index (χ1n) is 7.62. The normalized spacial score (nSPS) is 10.6. The van der Waals surface area contributed by atoms with Crippen molar-refractivity contribution < 1.29 is 9.53 Å². The third-order valence-electron chi connectivity index (χ3n) is 3.30. The summed E-state index contributed by atoms with van der Waals surface area (Å²) in [7, 11) is 0. The Morgan fingerprint density at radius 1 is 0.920 bits per heavy atom. The van der Waals surface area contributed by atoms with Gasteiger partial charge < -0.3 is 10.1 Å². The van der Waals surface area contributed by atoms with Gasteiger partial charge in [0.05, 0.1) is 0 Å². The van der Waals surface area contributed by atoms with Gasteiger partial charge in [-0.25, -0.2) is 0 Å². The van der Waals surface area contributed by atoms with Crippen LogP contribution in [0.15, 0.2) is 79.1 Å². The molecule has 4 nitrogen and oxygen atoms in total. The van der Waals surface area contributed by atoms with Gasteiger partial charge in [-0.2, -0.15) is 0 Å². The van der Waals surface area contributed by atoms with Crippen molar-refractivity contribution in [3.63, 3.8) is 0 Å². The summed E-state index contributed by atoms with van der Waals surface area (Å²) in [4.78, 5) is 15.9. The third-order valence-corrected chi connectivity index (χ3v) is 3.56. The highest BCUT2D eigenvalue weighted by atomic mass is 35.5. The van der Waals surface area contributed by atoms with Crippen molar-refractivity contribution in [2.75, 3.05) is 5.32 Å². The van der Waals surface area contributed by atoms with E-state index in [4.69, 9.17) is 16.3 Å². The fourth-order valence-electron chi connectivity index (χ4n) is 2.08. The van der Waals surface area contributed by atoms with Gasteiger partial charge in [0.1, 0.15) is 11.5 Å². The summed E-state index contributed by atoms with van der Waals surface area (Å²) >= 11 is 5.83. The maximum absolute atomic E-state index is 12.0. The van der Waals surface area contributed by atoms with Gasteiger partial charge in [0.2, 0.25) is 5.91 Å². The van der Waals surface area contributed by atoms with Crippen LogP contribution in [0.5, 0.6) is 11.5 Å². The molecule has 0 spiro atoms. The standard InChI is InChI=1S/C20H15ClN2O2/c21-16-4-1-15(2-5-16)3-10-20(24)23-17-6-8-18(9-7-17)25-19-11-13-22-14-12-19/h1-14H,(H,23,24)/b10-3+. The molecule has 0 aliphatic carbocycles. The molecule has 1 heterocycles. The summed E-state index contributed by atoms with van der Waals surface area (Å²) in [5, 5.41) is 3.46. The quantitative estimate of drug-likeness (QED) is 0.645. The van der Waals surface area contributed by atoms with Gasteiger partial charge in [-0.1, -0.05) is 23.7 Å². The summed E-state index contributed by atoms with van der Waals surface area (Å²) in [6.07, 6.45) is 6.53. The van der Waals surface area contributed by atoms with Crippen LogP contribution in [0.1, 0.15) is 5.56 Å². The number of rotatable bonds is 5. The lowest BCUT2D eigenvalue weighted by atomic mass is 10.2. The van der Waals surface area contributed by atoms with Gasteiger partial charge in [-0.05, 0) is 60.2 Å². The number of carbonyl (C=O) groups is 1. The van der Waals surface area contributed by atoms with Crippen LogP contribution in [-0.2, 0) is 4.79 Å². The second kappa shape index (κ2) is 8.13. The molecular weight excluding hydrogens is 336 g/mol. The first-order valence-corrected chi connectivity index (χ1v) is 7.99. The topological polar surface area (TPSA) is 51.2 Å². The van der Waals surface area contributed by atoms with Crippen LogP contribution in [0.2, 0.25) is 5.02 Å². The van der Waals surface area contributed by atoms with Crippen molar-refractivity contribution in [1.29, 1.82) is 0 Å². The van der Waals surface area contributed by atoms with E-state index >= 15 is 0 Å². The summed E-state index contributed by atoms with van der Waals surface area (Å²) in [6.45, 7) is 0. The van der Waals surface area contributed by atoms with Crippen LogP contribution in [0.4, 0.5) is 5.69 Å². The number of nitrogens with zero attached hydrogens (tertiary/aromatic N) is 1. The molecule has 0 radical (unpaired) electrons. The number of pyridine rings is 1. The van der Waals surface area contributed by atoms with E-state index in [1.807, 2.05) is 12.1 Å². The number of carbonyl (C=O) groups excluding carboxylic acids is 1. The van der Waals surface area contributed by atoms with E-state index in [1.165, 1.54) is 6.08 Å². The van der Waals surface area contributed by atoms with Crippen LogP contribution in [0, 0.1) is 0 Å². The number of aromatic nitrogens is 1. The number of benzene rings is 2. The molecule has 2 aromatic carbocycles. The Bertz CT molecular complexity index is 860. The lowest BCUT2D eigenvalue weighted by molar-refractivity contribution is -0.111. The summed E-state index contributed by atoms with van der Waals surface area (Å²) < 4.78 is 5.68. The SMILES string of the molecule is O=C(/C=C/c1ccc(Cl)cc1)Nc1ccc(Oc2ccncc2)cc1. The highest BCUT2D eigenvalue weighted by Gasteiger charge is 2.00. The van der Waals surface area contributed by atoms with Crippen molar-refractivity contribution in [2.45, 2.75) is 0 Å². The van der Waals surface area contributed by atoms with E-state index in [-0.39, 0.29) is 5.91 Å². The minimum atomic E-state index is -0.210. The fourth-order valence-corrected chi connectivity index (χ4v) is 2.20.